The number of carbonyl (C=O) groups excluding carboxylic acids is 2. The molecule has 176 valence electrons. The average Bonchev–Trinajstić information content (AvgIpc) is 3.02. The first-order valence-corrected chi connectivity index (χ1v) is 11.1. The van der Waals surface area contributed by atoms with Crippen molar-refractivity contribution in [1.82, 2.24) is 4.98 Å². The lowest BCUT2D eigenvalue weighted by Gasteiger charge is -2.47. The maximum absolute atomic E-state index is 15.1. The summed E-state index contributed by atoms with van der Waals surface area (Å²) in [6.45, 7) is 3.12. The zero-order chi connectivity index (χ0) is 24.7. The van der Waals surface area contributed by atoms with Crippen LogP contribution in [0.15, 0.2) is 48.7 Å². The van der Waals surface area contributed by atoms with Gasteiger partial charge >= 0.3 is 5.97 Å². The van der Waals surface area contributed by atoms with Crippen LogP contribution in [0, 0.1) is 34.5 Å². The molecular weight excluding hydrogens is 440 g/mol. The molecule has 2 aliphatic rings. The first kappa shape index (κ1) is 23.6. The highest BCUT2D eigenvalue weighted by Gasteiger charge is 2.68. The first-order chi connectivity index (χ1) is 16.1. The van der Waals surface area contributed by atoms with Crippen LogP contribution in [-0.4, -0.2) is 28.9 Å². The molecule has 1 aliphatic carbocycles. The van der Waals surface area contributed by atoms with Crippen LogP contribution in [-0.2, 0) is 14.3 Å². The Morgan fingerprint density at radius 2 is 2.03 bits per heavy atom. The molecule has 1 aromatic carbocycles. The van der Waals surface area contributed by atoms with Gasteiger partial charge in [0.2, 0.25) is 5.91 Å². The fourth-order valence-electron chi connectivity index (χ4n) is 5.55. The molecule has 2 heterocycles. The molecule has 1 aromatic heterocycles. The van der Waals surface area contributed by atoms with E-state index in [1.165, 1.54) is 6.92 Å². The van der Waals surface area contributed by atoms with Gasteiger partial charge in [0, 0.05) is 42.0 Å². The highest BCUT2D eigenvalue weighted by molar-refractivity contribution is 5.87. The summed E-state index contributed by atoms with van der Waals surface area (Å²) < 4.78 is 35.5. The molecule has 1 saturated carbocycles. The zero-order valence-electron chi connectivity index (χ0n) is 18.9. The second-order valence-electron chi connectivity index (χ2n) is 9.23. The van der Waals surface area contributed by atoms with Crippen molar-refractivity contribution in [2.45, 2.75) is 38.7 Å². The molecule has 1 aliphatic heterocycles. The predicted octanol–water partition coefficient (Wildman–Crippen LogP) is 4.35. The number of fused-ring (bicyclic) bond motifs is 1. The highest BCUT2D eigenvalue weighted by atomic mass is 19.3. The number of allylic oxidation sites excluding steroid dienone is 1. The summed E-state index contributed by atoms with van der Waals surface area (Å²) in [5.74, 6) is -7.19. The summed E-state index contributed by atoms with van der Waals surface area (Å²) in [7, 11) is 0. The number of nitrogens with two attached hydrogens (primary N) is 1. The normalized spacial score (nSPS) is 29.9. The van der Waals surface area contributed by atoms with Crippen LogP contribution < -0.4 is 5.73 Å². The number of hydrogen-bond donors (Lipinski definition) is 1. The Hall–Kier alpha value is -3.60. The third kappa shape index (κ3) is 3.96. The molecule has 2 N–H and O–H groups in total. The van der Waals surface area contributed by atoms with E-state index in [9.17, 15) is 14.9 Å². The monoisotopic (exact) mass is 465 g/mol. The number of benzene rings is 1. The van der Waals surface area contributed by atoms with Crippen LogP contribution in [0.4, 0.5) is 8.78 Å². The van der Waals surface area contributed by atoms with E-state index in [1.807, 2.05) is 18.2 Å². The maximum Gasteiger partial charge on any atom is 0.313 e. The Bertz CT molecular complexity index is 1190. The standard InChI is InChI=1S/C26H25F2N3O3/c1-15-20(23-16(2)34-24(33)25(23,11-22(30)32)14-26(15,27)28)10-9-19-8-7-18(13-31-19)21-6-4-3-5-17(21)12-29/h3-10,13,15-16,20,23H,11,14H2,1-2H3,(H2,30,32)/b10-9+/t15-,16+,20-,23-,25?/m0/s1. The minimum atomic E-state index is -3.18. The fraction of sp³-hybridized carbons (Fsp3) is 0.385. The number of alkyl halides is 2. The van der Waals surface area contributed by atoms with Crippen LogP contribution in [0.1, 0.15) is 37.9 Å². The van der Waals surface area contributed by atoms with Gasteiger partial charge in [0.1, 0.15) is 6.10 Å². The number of hydrogen-bond acceptors (Lipinski definition) is 5. The molecule has 0 spiro atoms. The van der Waals surface area contributed by atoms with Crippen LogP contribution >= 0.6 is 0 Å². The van der Waals surface area contributed by atoms with Crippen molar-refractivity contribution in [3.05, 3.63) is 59.9 Å². The van der Waals surface area contributed by atoms with Gasteiger partial charge < -0.3 is 10.5 Å². The maximum atomic E-state index is 15.1. The third-order valence-electron chi connectivity index (χ3n) is 7.18. The fourth-order valence-corrected chi connectivity index (χ4v) is 5.55. The van der Waals surface area contributed by atoms with Crippen LogP contribution in [0.3, 0.4) is 0 Å². The van der Waals surface area contributed by atoms with E-state index in [-0.39, 0.29) is 0 Å². The number of ether oxygens (including phenoxy) is 1. The molecule has 6 nitrogen and oxygen atoms in total. The molecule has 5 atom stereocenters. The lowest BCUT2D eigenvalue weighted by atomic mass is 9.55. The van der Waals surface area contributed by atoms with E-state index in [2.05, 4.69) is 11.1 Å². The van der Waals surface area contributed by atoms with Gasteiger partial charge in [0.25, 0.3) is 5.92 Å². The van der Waals surface area contributed by atoms with Crippen LogP contribution in [0.5, 0.6) is 0 Å². The number of pyridine rings is 1. The molecule has 4 rings (SSSR count). The predicted molar refractivity (Wildman–Crippen MR) is 121 cm³/mol. The Morgan fingerprint density at radius 1 is 1.29 bits per heavy atom. The molecule has 1 saturated heterocycles. The molecule has 2 aromatic rings. The number of aromatic nitrogens is 1. The summed E-state index contributed by atoms with van der Waals surface area (Å²) in [6, 6.07) is 12.9. The number of rotatable bonds is 5. The van der Waals surface area contributed by atoms with Crippen LogP contribution in [0.2, 0.25) is 0 Å². The number of carbonyl (C=O) groups is 2. The Morgan fingerprint density at radius 3 is 2.68 bits per heavy atom. The van der Waals surface area contributed by atoms with Crippen molar-refractivity contribution in [2.24, 2.45) is 28.9 Å². The SMILES string of the molecule is C[C@H]1OC(=O)C2(CC(N)=O)CC(F)(F)[C@@H](C)[C@H](/C=C/c3ccc(-c4ccccc4C#N)cn3)[C@H]12. The number of primary amides is 1. The average molecular weight is 466 g/mol. The van der Waals surface area contributed by atoms with Crippen LogP contribution in [0.25, 0.3) is 17.2 Å². The van der Waals surface area contributed by atoms with Crippen molar-refractivity contribution >= 4 is 18.0 Å². The van der Waals surface area contributed by atoms with Gasteiger partial charge in [-0.2, -0.15) is 5.26 Å². The summed E-state index contributed by atoms with van der Waals surface area (Å²) in [4.78, 5) is 28.8. The summed E-state index contributed by atoms with van der Waals surface area (Å²) in [5, 5.41) is 9.31. The number of amides is 1. The van der Waals surface area contributed by atoms with E-state index < -0.39 is 59.9 Å². The van der Waals surface area contributed by atoms with Crippen molar-refractivity contribution in [3.8, 4) is 17.2 Å². The molecule has 0 bridgehead atoms. The molecule has 0 radical (unpaired) electrons. The van der Waals surface area contributed by atoms with Gasteiger partial charge in [0.15, 0.2) is 0 Å². The summed E-state index contributed by atoms with van der Waals surface area (Å²) in [6.07, 6.45) is 3.05. The quantitative estimate of drug-likeness (QED) is 0.661. The lowest BCUT2D eigenvalue weighted by Crippen LogP contribution is -2.54. The molecule has 8 heteroatoms. The van der Waals surface area contributed by atoms with Crippen molar-refractivity contribution < 1.29 is 23.1 Å². The Kier molecular flexibility index (Phi) is 5.98. The van der Waals surface area contributed by atoms with E-state index >= 15 is 8.78 Å². The number of nitrogens with zero attached hydrogens (tertiary/aromatic N) is 2. The minimum absolute atomic E-state index is 0.473. The molecule has 1 amide bonds. The topological polar surface area (TPSA) is 106 Å². The van der Waals surface area contributed by atoms with E-state index in [0.29, 0.717) is 11.3 Å². The summed E-state index contributed by atoms with van der Waals surface area (Å²) in [5.41, 5.74) is 6.29. The second-order valence-corrected chi connectivity index (χ2v) is 9.23. The Balaban J connectivity index is 1.66. The first-order valence-electron chi connectivity index (χ1n) is 11.1. The van der Waals surface area contributed by atoms with Crippen molar-refractivity contribution in [3.63, 3.8) is 0 Å². The Labute approximate surface area is 196 Å². The third-order valence-corrected chi connectivity index (χ3v) is 7.18. The largest absolute Gasteiger partial charge is 0.462 e. The van der Waals surface area contributed by atoms with Gasteiger partial charge in [-0.3, -0.25) is 14.6 Å². The van der Waals surface area contributed by atoms with Gasteiger partial charge in [-0.25, -0.2) is 8.78 Å². The smallest absolute Gasteiger partial charge is 0.313 e. The van der Waals surface area contributed by atoms with Gasteiger partial charge in [-0.05, 0) is 31.1 Å². The molecule has 34 heavy (non-hydrogen) atoms. The zero-order valence-corrected chi connectivity index (χ0v) is 18.9. The minimum Gasteiger partial charge on any atom is -0.462 e. The second kappa shape index (κ2) is 8.64. The van der Waals surface area contributed by atoms with E-state index in [4.69, 9.17) is 10.5 Å². The van der Waals surface area contributed by atoms with E-state index in [0.717, 1.165) is 11.1 Å². The van der Waals surface area contributed by atoms with Crippen molar-refractivity contribution in [1.29, 1.82) is 5.26 Å². The number of esters is 1. The van der Waals surface area contributed by atoms with Gasteiger partial charge in [-0.1, -0.05) is 37.3 Å². The highest BCUT2D eigenvalue weighted by Crippen LogP contribution is 2.60. The molecule has 2 fully saturated rings. The number of cyclic esters (lactones) is 1. The number of nitriles is 1. The molecular formula is C26H25F2N3O3. The van der Waals surface area contributed by atoms with Gasteiger partial charge in [0.05, 0.1) is 22.7 Å². The van der Waals surface area contributed by atoms with E-state index in [1.54, 1.807) is 43.5 Å². The van der Waals surface area contributed by atoms with Crippen molar-refractivity contribution in [2.75, 3.05) is 0 Å². The lowest BCUT2D eigenvalue weighted by molar-refractivity contribution is -0.174. The molecule has 1 unspecified atom stereocenters. The van der Waals surface area contributed by atoms with Gasteiger partial charge in [-0.15, -0.1) is 0 Å². The summed E-state index contributed by atoms with van der Waals surface area (Å²) >= 11 is 0. The number of halogens is 2.